The molecule has 0 saturated carbocycles. The van der Waals surface area contributed by atoms with Gasteiger partial charge in [-0.3, -0.25) is 0 Å². The molecule has 2 nitrogen and oxygen atoms in total. The van der Waals surface area contributed by atoms with E-state index >= 15 is 0 Å². The molecule has 0 amide bonds. The fourth-order valence-electron chi connectivity index (χ4n) is 2.85. The number of hydrogen-bond acceptors (Lipinski definition) is 2. The van der Waals surface area contributed by atoms with Crippen LogP contribution in [0, 0.1) is 0 Å². The van der Waals surface area contributed by atoms with Gasteiger partial charge in [-0.05, 0) is 59.4 Å². The number of piperidine rings is 1. The maximum atomic E-state index is 5.81. The molecule has 1 aromatic rings. The molecule has 0 bridgehead atoms. The van der Waals surface area contributed by atoms with Crippen molar-refractivity contribution in [1.82, 2.24) is 5.32 Å². The van der Waals surface area contributed by atoms with Crippen LogP contribution >= 0.6 is 15.9 Å². The molecule has 2 aliphatic heterocycles. The molecule has 17 heavy (non-hydrogen) atoms. The fourth-order valence-corrected chi connectivity index (χ4v) is 3.46. The number of halogens is 1. The Labute approximate surface area is 111 Å². The molecule has 1 aromatic carbocycles. The van der Waals surface area contributed by atoms with Gasteiger partial charge in [0.1, 0.15) is 11.9 Å². The molecule has 0 aromatic heterocycles. The van der Waals surface area contributed by atoms with Gasteiger partial charge >= 0.3 is 0 Å². The van der Waals surface area contributed by atoms with Crippen LogP contribution in [-0.4, -0.2) is 12.6 Å². The molecule has 3 rings (SSSR count). The van der Waals surface area contributed by atoms with E-state index in [1.807, 2.05) is 0 Å². The Kier molecular flexibility index (Phi) is 3.14. The summed E-state index contributed by atoms with van der Waals surface area (Å²) in [6.07, 6.45) is 5.24. The highest BCUT2D eigenvalue weighted by Gasteiger charge is 2.24. The van der Waals surface area contributed by atoms with Gasteiger partial charge in [-0.1, -0.05) is 12.5 Å². The van der Waals surface area contributed by atoms with Crippen molar-refractivity contribution in [3.8, 4) is 5.75 Å². The van der Waals surface area contributed by atoms with Crippen molar-refractivity contribution in [2.75, 3.05) is 6.54 Å². The molecule has 2 heterocycles. The zero-order chi connectivity index (χ0) is 11.8. The highest BCUT2D eigenvalue weighted by atomic mass is 79.9. The third kappa shape index (κ3) is 2.23. The van der Waals surface area contributed by atoms with Crippen molar-refractivity contribution < 1.29 is 4.74 Å². The topological polar surface area (TPSA) is 21.3 Å². The first-order valence-electron chi connectivity index (χ1n) is 6.46. The SMILES string of the molecule is CC1Cc2cc(C3CCCCN3)cc(Br)c2O1. The van der Waals surface area contributed by atoms with Crippen molar-refractivity contribution in [1.29, 1.82) is 0 Å². The van der Waals surface area contributed by atoms with Crippen LogP contribution < -0.4 is 10.1 Å². The van der Waals surface area contributed by atoms with Crippen molar-refractivity contribution in [2.24, 2.45) is 0 Å². The average Bonchev–Trinajstić information content (AvgIpc) is 2.71. The first-order chi connectivity index (χ1) is 8.24. The number of hydrogen-bond donors (Lipinski definition) is 1. The third-order valence-corrected chi connectivity index (χ3v) is 4.27. The van der Waals surface area contributed by atoms with E-state index in [1.165, 1.54) is 30.4 Å². The zero-order valence-corrected chi connectivity index (χ0v) is 11.7. The average molecular weight is 296 g/mol. The fraction of sp³-hybridized carbons (Fsp3) is 0.571. The van der Waals surface area contributed by atoms with E-state index in [2.05, 4.69) is 40.3 Å². The van der Waals surface area contributed by atoms with Crippen LogP contribution in [0.15, 0.2) is 16.6 Å². The normalized spacial score (nSPS) is 27.6. The van der Waals surface area contributed by atoms with E-state index in [0.717, 1.165) is 23.2 Å². The lowest BCUT2D eigenvalue weighted by molar-refractivity contribution is 0.253. The minimum Gasteiger partial charge on any atom is -0.489 e. The van der Waals surface area contributed by atoms with Crippen LogP contribution in [0.1, 0.15) is 43.4 Å². The van der Waals surface area contributed by atoms with Crippen LogP contribution in [0.25, 0.3) is 0 Å². The summed E-state index contributed by atoms with van der Waals surface area (Å²) in [5.74, 6) is 1.05. The molecule has 1 N–H and O–H groups in total. The monoisotopic (exact) mass is 295 g/mol. The number of fused-ring (bicyclic) bond motifs is 1. The maximum absolute atomic E-state index is 5.81. The van der Waals surface area contributed by atoms with Gasteiger partial charge in [0.05, 0.1) is 4.47 Å². The van der Waals surface area contributed by atoms with Crippen LogP contribution in [0.2, 0.25) is 0 Å². The first-order valence-corrected chi connectivity index (χ1v) is 7.25. The highest BCUT2D eigenvalue weighted by molar-refractivity contribution is 9.10. The number of ether oxygens (including phenoxy) is 1. The van der Waals surface area contributed by atoms with E-state index in [-0.39, 0.29) is 0 Å². The molecule has 92 valence electrons. The van der Waals surface area contributed by atoms with E-state index in [1.54, 1.807) is 0 Å². The molecule has 2 aliphatic rings. The molecule has 0 aliphatic carbocycles. The summed E-state index contributed by atoms with van der Waals surface area (Å²) < 4.78 is 6.93. The second-order valence-electron chi connectivity index (χ2n) is 5.13. The van der Waals surface area contributed by atoms with Gasteiger partial charge in [0.25, 0.3) is 0 Å². The van der Waals surface area contributed by atoms with Gasteiger partial charge in [0.2, 0.25) is 0 Å². The van der Waals surface area contributed by atoms with Crippen molar-refractivity contribution in [3.05, 3.63) is 27.7 Å². The second kappa shape index (κ2) is 4.62. The van der Waals surface area contributed by atoms with Crippen molar-refractivity contribution >= 4 is 15.9 Å². The Bertz CT molecular complexity index is 426. The Morgan fingerprint density at radius 2 is 2.24 bits per heavy atom. The predicted octanol–water partition coefficient (Wildman–Crippen LogP) is 3.59. The Hall–Kier alpha value is -0.540. The van der Waals surface area contributed by atoms with E-state index in [4.69, 9.17) is 4.74 Å². The smallest absolute Gasteiger partial charge is 0.137 e. The minimum atomic E-state index is 0.316. The number of benzene rings is 1. The summed E-state index contributed by atoms with van der Waals surface area (Å²) in [4.78, 5) is 0. The molecule has 3 heteroatoms. The van der Waals surface area contributed by atoms with E-state index in [0.29, 0.717) is 12.1 Å². The second-order valence-corrected chi connectivity index (χ2v) is 5.98. The Morgan fingerprint density at radius 3 is 3.00 bits per heavy atom. The summed E-state index contributed by atoms with van der Waals surface area (Å²) in [7, 11) is 0. The Morgan fingerprint density at radius 1 is 1.35 bits per heavy atom. The van der Waals surface area contributed by atoms with Gasteiger partial charge in [0.15, 0.2) is 0 Å². The number of nitrogens with one attached hydrogen (secondary N) is 1. The maximum Gasteiger partial charge on any atom is 0.137 e. The largest absolute Gasteiger partial charge is 0.489 e. The van der Waals surface area contributed by atoms with Crippen LogP contribution in [0.4, 0.5) is 0 Å². The Balaban J connectivity index is 1.91. The van der Waals surface area contributed by atoms with Crippen LogP contribution in [0.5, 0.6) is 5.75 Å². The van der Waals surface area contributed by atoms with Gasteiger partial charge in [-0.2, -0.15) is 0 Å². The van der Waals surface area contributed by atoms with E-state index < -0.39 is 0 Å². The summed E-state index contributed by atoms with van der Waals surface area (Å²) in [5.41, 5.74) is 2.77. The molecular formula is C14H18BrNO. The van der Waals surface area contributed by atoms with E-state index in [9.17, 15) is 0 Å². The quantitative estimate of drug-likeness (QED) is 0.855. The third-order valence-electron chi connectivity index (χ3n) is 3.68. The van der Waals surface area contributed by atoms with Crippen molar-refractivity contribution in [3.63, 3.8) is 0 Å². The van der Waals surface area contributed by atoms with Crippen LogP contribution in [-0.2, 0) is 6.42 Å². The van der Waals surface area contributed by atoms with Gasteiger partial charge in [-0.25, -0.2) is 0 Å². The van der Waals surface area contributed by atoms with Crippen molar-refractivity contribution in [2.45, 2.75) is 44.8 Å². The molecular weight excluding hydrogens is 278 g/mol. The standard InChI is InChI=1S/C14H18BrNO/c1-9-6-11-7-10(8-12(15)14(11)17-9)13-4-2-3-5-16-13/h7-9,13,16H,2-6H2,1H3. The molecule has 2 atom stereocenters. The summed E-state index contributed by atoms with van der Waals surface area (Å²) in [6.45, 7) is 3.28. The predicted molar refractivity (Wildman–Crippen MR) is 72.5 cm³/mol. The number of rotatable bonds is 1. The highest BCUT2D eigenvalue weighted by Crippen LogP contribution is 2.39. The molecule has 0 radical (unpaired) electrons. The lowest BCUT2D eigenvalue weighted by Crippen LogP contribution is -2.26. The molecule has 2 unspecified atom stereocenters. The summed E-state index contributed by atoms with van der Waals surface area (Å²) in [5, 5.41) is 3.60. The summed E-state index contributed by atoms with van der Waals surface area (Å²) >= 11 is 3.64. The molecule has 1 fully saturated rings. The molecule has 0 spiro atoms. The lowest BCUT2D eigenvalue weighted by Gasteiger charge is -2.24. The summed E-state index contributed by atoms with van der Waals surface area (Å²) in [6, 6.07) is 5.08. The minimum absolute atomic E-state index is 0.316. The van der Waals surface area contributed by atoms with Gasteiger partial charge < -0.3 is 10.1 Å². The van der Waals surface area contributed by atoms with Crippen LogP contribution in [0.3, 0.4) is 0 Å². The van der Waals surface area contributed by atoms with Gasteiger partial charge in [0, 0.05) is 12.5 Å². The first kappa shape index (κ1) is 11.5. The lowest BCUT2D eigenvalue weighted by atomic mass is 9.95. The zero-order valence-electron chi connectivity index (χ0n) is 10.1. The van der Waals surface area contributed by atoms with Gasteiger partial charge in [-0.15, -0.1) is 0 Å². The molecule has 1 saturated heterocycles.